The number of hydrogen-bond donors (Lipinski definition) is 0. The van der Waals surface area contributed by atoms with E-state index in [9.17, 15) is 0 Å². The monoisotopic (exact) mass is 1110 g/mol. The van der Waals surface area contributed by atoms with E-state index < -0.39 is 0 Å². The van der Waals surface area contributed by atoms with E-state index in [2.05, 4.69) is 327 Å². The largest absolute Gasteiger partial charge is 0.457 e. The fourth-order valence-electron chi connectivity index (χ4n) is 12.6. The van der Waals surface area contributed by atoms with E-state index >= 15 is 0 Å². The molecule has 0 saturated carbocycles. The molecule has 11 rings (SSSR count). The van der Waals surface area contributed by atoms with Gasteiger partial charge in [-0.2, -0.15) is 0 Å². The van der Waals surface area contributed by atoms with Crippen LogP contribution in [0.15, 0.2) is 194 Å². The second kappa shape index (κ2) is 20.7. The summed E-state index contributed by atoms with van der Waals surface area (Å²) in [5, 5.41) is 2.36. The first kappa shape index (κ1) is 57.9. The van der Waals surface area contributed by atoms with E-state index in [0.29, 0.717) is 6.67 Å². The lowest BCUT2D eigenvalue weighted by atomic mass is 9.73. The smallest absolute Gasteiger partial charge is 0.137 e. The molecule has 0 amide bonds. The van der Waals surface area contributed by atoms with Crippen LogP contribution in [0.5, 0.6) is 11.5 Å². The molecule has 0 fully saturated rings. The minimum Gasteiger partial charge on any atom is -0.457 e. The van der Waals surface area contributed by atoms with Crippen LogP contribution < -0.4 is 14.5 Å². The molecular formula is C79H88N4O. The lowest BCUT2D eigenvalue weighted by molar-refractivity contribution is 0.480. The maximum Gasteiger partial charge on any atom is 0.137 e. The number of ether oxygens (including phenoxy) is 1. The van der Waals surface area contributed by atoms with Gasteiger partial charge in [0.05, 0.1) is 22.4 Å². The van der Waals surface area contributed by atoms with Crippen molar-refractivity contribution in [1.82, 2.24) is 9.55 Å². The van der Waals surface area contributed by atoms with E-state index in [0.717, 1.165) is 45.0 Å². The second-order valence-corrected chi connectivity index (χ2v) is 29.6. The van der Waals surface area contributed by atoms with Crippen LogP contribution in [0.25, 0.3) is 27.6 Å². The minimum atomic E-state index is -0.384. The molecular weight excluding hydrogens is 1020 g/mol. The van der Waals surface area contributed by atoms with Crippen LogP contribution in [0.2, 0.25) is 0 Å². The van der Waals surface area contributed by atoms with Gasteiger partial charge in [0.1, 0.15) is 24.0 Å². The maximum atomic E-state index is 7.36. The Kier molecular flexibility index (Phi) is 14.3. The highest BCUT2D eigenvalue weighted by molar-refractivity contribution is 6.10. The van der Waals surface area contributed by atoms with Crippen LogP contribution in [0, 0.1) is 0 Å². The molecule has 10 aromatic rings. The molecule has 0 atom stereocenters. The van der Waals surface area contributed by atoms with Gasteiger partial charge in [-0.25, -0.2) is 4.98 Å². The summed E-state index contributed by atoms with van der Waals surface area (Å²) in [6.45, 7) is 42.6. The third-order valence-corrected chi connectivity index (χ3v) is 18.4. The van der Waals surface area contributed by atoms with Crippen LogP contribution in [-0.2, 0) is 37.9 Å². The molecule has 3 heterocycles. The fourth-order valence-corrected chi connectivity index (χ4v) is 12.6. The highest BCUT2D eigenvalue weighted by Crippen LogP contribution is 2.52. The van der Waals surface area contributed by atoms with Crippen molar-refractivity contribution >= 4 is 44.6 Å². The Bertz CT molecular complexity index is 4010. The van der Waals surface area contributed by atoms with Crippen LogP contribution in [0.4, 0.5) is 22.7 Å². The van der Waals surface area contributed by atoms with Gasteiger partial charge in [-0.3, -0.25) is 4.57 Å². The summed E-state index contributed by atoms with van der Waals surface area (Å²) in [6.07, 6.45) is 1.96. The van der Waals surface area contributed by atoms with Gasteiger partial charge >= 0.3 is 0 Å². The Balaban J connectivity index is 1.12. The zero-order valence-electron chi connectivity index (χ0n) is 53.4. The van der Waals surface area contributed by atoms with Gasteiger partial charge in [-0.05, 0) is 150 Å². The predicted molar refractivity (Wildman–Crippen MR) is 358 cm³/mol. The number of nitrogens with zero attached hydrogens (tertiary/aromatic N) is 4. The number of hydrogen-bond acceptors (Lipinski definition) is 4. The third-order valence-electron chi connectivity index (χ3n) is 18.4. The Hall–Kier alpha value is -7.89. The second-order valence-electron chi connectivity index (χ2n) is 29.6. The quantitative estimate of drug-likeness (QED) is 0.129. The molecule has 0 unspecified atom stereocenters. The number of benzene rings is 8. The predicted octanol–water partition coefficient (Wildman–Crippen LogP) is 21.4. The molecule has 0 bridgehead atoms. The molecule has 0 N–H and O–H groups in total. The van der Waals surface area contributed by atoms with Crippen LogP contribution >= 0.6 is 0 Å². The zero-order chi connectivity index (χ0) is 60.1. The number of rotatable bonds is 11. The van der Waals surface area contributed by atoms with Crippen LogP contribution in [-0.4, -0.2) is 16.2 Å². The molecule has 84 heavy (non-hydrogen) atoms. The van der Waals surface area contributed by atoms with E-state index in [1.165, 1.54) is 72.5 Å². The average molecular weight is 1110 g/mol. The van der Waals surface area contributed by atoms with Gasteiger partial charge < -0.3 is 14.5 Å². The first-order valence-electron chi connectivity index (χ1n) is 30.4. The van der Waals surface area contributed by atoms with Crippen molar-refractivity contribution in [2.75, 3.05) is 16.5 Å². The maximum absolute atomic E-state index is 7.36. The topological polar surface area (TPSA) is 33.5 Å². The molecule has 8 aromatic carbocycles. The molecule has 5 nitrogen and oxygen atoms in total. The molecule has 0 saturated heterocycles. The van der Waals surface area contributed by atoms with Gasteiger partial charge in [0.2, 0.25) is 0 Å². The number of aromatic nitrogens is 2. The highest BCUT2D eigenvalue weighted by atomic mass is 16.5. The molecule has 1 aliphatic heterocycles. The molecule has 2 aromatic heterocycles. The summed E-state index contributed by atoms with van der Waals surface area (Å²) in [6, 6.07) is 70.3. The summed E-state index contributed by atoms with van der Waals surface area (Å²) < 4.78 is 9.69. The van der Waals surface area contributed by atoms with E-state index in [1.54, 1.807) is 0 Å². The van der Waals surface area contributed by atoms with Crippen molar-refractivity contribution in [3.63, 3.8) is 0 Å². The SMILES string of the molecule is CC(C)(C)c1ccnc(-n2c3ccc(C(C)(C)C)cc3c3ccc(Oc4cc(N5CN(c6cc(C(C)(C)c7ccccc7)cc(C(C)(C)c7ccccc7)c6)c6cc(C(C)(C)C)c(C(C)(C)C)cc65)cc(C(C)(C)c5ccccc5)c4)cc32)c1. The molecule has 0 aliphatic carbocycles. The molecule has 0 spiro atoms. The summed E-state index contributed by atoms with van der Waals surface area (Å²) >= 11 is 0. The summed E-state index contributed by atoms with van der Waals surface area (Å²) in [7, 11) is 0. The molecule has 0 radical (unpaired) electrons. The standard InChI is InChI=1S/C79H88N4O/c1-73(2,3)55-34-37-68-65(45-55)64-36-35-62(48-69(64)83(68)72-46-56(38-39-80-72)74(4,5)6)84-63-44-59(79(17,18)54-32-26-21-27-33-54)43-61(47-63)82-51-81(70-49-66(75(7,8)9)67(50-71(70)82)76(10,11)12)60-41-57(77(13,14)52-28-22-19-23-29-52)40-58(42-60)78(15,16)53-30-24-20-25-31-53/h19-50H,51H2,1-18H3. The van der Waals surface area contributed by atoms with E-state index in [-0.39, 0.29) is 37.9 Å². The molecule has 430 valence electrons. The lowest BCUT2D eigenvalue weighted by Gasteiger charge is -2.34. The molecule has 1 aliphatic rings. The van der Waals surface area contributed by atoms with Crippen LogP contribution in [0.1, 0.15) is 180 Å². The van der Waals surface area contributed by atoms with Crippen molar-refractivity contribution < 1.29 is 4.74 Å². The Morgan fingerprint density at radius 2 is 0.786 bits per heavy atom. The fraction of sp³-hybridized carbons (Fsp3) is 0.329. The van der Waals surface area contributed by atoms with Gasteiger partial charge in [-0.1, -0.05) is 228 Å². The number of fused-ring (bicyclic) bond motifs is 4. The van der Waals surface area contributed by atoms with Crippen molar-refractivity contribution in [3.8, 4) is 17.3 Å². The van der Waals surface area contributed by atoms with Gasteiger partial charge in [0, 0.05) is 56.7 Å². The highest BCUT2D eigenvalue weighted by Gasteiger charge is 2.38. The normalized spacial score (nSPS) is 13.7. The van der Waals surface area contributed by atoms with Crippen molar-refractivity contribution in [1.29, 1.82) is 0 Å². The zero-order valence-corrected chi connectivity index (χ0v) is 53.4. The first-order chi connectivity index (χ1) is 39.4. The van der Waals surface area contributed by atoms with Crippen molar-refractivity contribution in [3.05, 3.63) is 250 Å². The lowest BCUT2D eigenvalue weighted by Crippen LogP contribution is -2.27. The Morgan fingerprint density at radius 1 is 0.333 bits per heavy atom. The average Bonchev–Trinajstić information content (AvgIpc) is 2.05. The third kappa shape index (κ3) is 10.7. The van der Waals surface area contributed by atoms with Crippen LogP contribution in [0.3, 0.4) is 0 Å². The van der Waals surface area contributed by atoms with E-state index in [4.69, 9.17) is 9.72 Å². The molecule has 5 heteroatoms. The van der Waals surface area contributed by atoms with Crippen molar-refractivity contribution in [2.24, 2.45) is 0 Å². The minimum absolute atomic E-state index is 0.0199. The summed E-state index contributed by atoms with van der Waals surface area (Å²) in [5.74, 6) is 2.43. The first-order valence-corrected chi connectivity index (χ1v) is 30.4. The summed E-state index contributed by atoms with van der Waals surface area (Å²) in [5.41, 5.74) is 18.2. The number of anilines is 4. The Labute approximate surface area is 502 Å². The van der Waals surface area contributed by atoms with Gasteiger partial charge in [-0.15, -0.1) is 0 Å². The summed E-state index contributed by atoms with van der Waals surface area (Å²) in [4.78, 5) is 10.2. The van der Waals surface area contributed by atoms with Crippen molar-refractivity contribution in [2.45, 2.75) is 163 Å². The van der Waals surface area contributed by atoms with Gasteiger partial charge in [0.15, 0.2) is 0 Å². The van der Waals surface area contributed by atoms with E-state index in [1.807, 2.05) is 6.20 Å². The number of pyridine rings is 1. The van der Waals surface area contributed by atoms with Gasteiger partial charge in [0.25, 0.3) is 0 Å². The Morgan fingerprint density at radius 3 is 1.25 bits per heavy atom.